The van der Waals surface area contributed by atoms with Crippen LogP contribution in [-0.4, -0.2) is 29.9 Å². The van der Waals surface area contributed by atoms with E-state index in [0.717, 1.165) is 30.8 Å². The number of thiophene rings is 1. The molecule has 0 fully saturated rings. The van der Waals surface area contributed by atoms with Crippen LogP contribution in [0.5, 0.6) is 0 Å². The molecule has 0 bridgehead atoms. The smallest absolute Gasteiger partial charge is 0.245 e. The molecular formula is C20H25N3OS. The van der Waals surface area contributed by atoms with Crippen molar-refractivity contribution >= 4 is 28.6 Å². The molecule has 2 heterocycles. The van der Waals surface area contributed by atoms with Crippen molar-refractivity contribution in [3.8, 4) is 0 Å². The summed E-state index contributed by atoms with van der Waals surface area (Å²) in [6.45, 7) is 7.87. The Labute approximate surface area is 153 Å². The number of amides is 1. The van der Waals surface area contributed by atoms with Crippen LogP contribution in [0.3, 0.4) is 0 Å². The third kappa shape index (κ3) is 3.71. The van der Waals surface area contributed by atoms with Gasteiger partial charge in [0.05, 0.1) is 6.54 Å². The maximum absolute atomic E-state index is 13.2. The Kier molecular flexibility index (Phi) is 5.43. The molecule has 1 amide bonds. The molecule has 0 saturated heterocycles. The van der Waals surface area contributed by atoms with E-state index in [2.05, 4.69) is 23.6 Å². The standard InChI is InChI=1S/C20H25N3OS/c1-3-11-22(14-16-7-6-13-25-16)20(24)15(2)23-12-5-8-17-18(21)9-4-10-19(17)23/h3-4,6-7,9-10,13,15H,1,5,8,11-12,14,21H2,2H3. The van der Waals surface area contributed by atoms with Gasteiger partial charge < -0.3 is 15.5 Å². The number of hydrogen-bond acceptors (Lipinski definition) is 4. The third-order valence-corrected chi connectivity index (χ3v) is 5.60. The zero-order chi connectivity index (χ0) is 17.8. The van der Waals surface area contributed by atoms with E-state index in [4.69, 9.17) is 5.73 Å². The van der Waals surface area contributed by atoms with Crippen LogP contribution in [0.2, 0.25) is 0 Å². The van der Waals surface area contributed by atoms with Crippen LogP contribution in [0.25, 0.3) is 0 Å². The predicted molar refractivity (Wildman–Crippen MR) is 106 cm³/mol. The zero-order valence-electron chi connectivity index (χ0n) is 14.6. The van der Waals surface area contributed by atoms with Crippen molar-refractivity contribution in [2.24, 2.45) is 0 Å². The van der Waals surface area contributed by atoms with Crippen molar-refractivity contribution in [2.45, 2.75) is 32.4 Å². The van der Waals surface area contributed by atoms with Gasteiger partial charge >= 0.3 is 0 Å². The van der Waals surface area contributed by atoms with E-state index in [1.165, 1.54) is 10.4 Å². The molecule has 4 nitrogen and oxygen atoms in total. The van der Waals surface area contributed by atoms with E-state index in [-0.39, 0.29) is 11.9 Å². The Bertz CT molecular complexity index is 741. The number of nitrogens with two attached hydrogens (primary N) is 1. The third-order valence-electron chi connectivity index (χ3n) is 4.74. The molecule has 5 heteroatoms. The molecule has 1 aromatic heterocycles. The lowest BCUT2D eigenvalue weighted by Crippen LogP contribution is -2.48. The van der Waals surface area contributed by atoms with E-state index < -0.39 is 0 Å². The van der Waals surface area contributed by atoms with Crippen molar-refractivity contribution < 1.29 is 4.79 Å². The van der Waals surface area contributed by atoms with Crippen molar-refractivity contribution in [2.75, 3.05) is 23.7 Å². The van der Waals surface area contributed by atoms with Crippen molar-refractivity contribution in [3.05, 3.63) is 58.8 Å². The van der Waals surface area contributed by atoms with E-state index in [9.17, 15) is 4.79 Å². The highest BCUT2D eigenvalue weighted by Crippen LogP contribution is 2.33. The fourth-order valence-corrected chi connectivity index (χ4v) is 4.18. The first-order chi connectivity index (χ1) is 12.1. The van der Waals surface area contributed by atoms with Crippen LogP contribution >= 0.6 is 11.3 Å². The van der Waals surface area contributed by atoms with Crippen molar-refractivity contribution in [3.63, 3.8) is 0 Å². The summed E-state index contributed by atoms with van der Waals surface area (Å²) in [5, 5.41) is 2.04. The number of carbonyl (C=O) groups excluding carboxylic acids is 1. The SMILES string of the molecule is C=CCN(Cc1cccs1)C(=O)C(C)N1CCCc2c(N)cccc21. The average Bonchev–Trinajstić information content (AvgIpc) is 3.13. The van der Waals surface area contributed by atoms with Crippen molar-refractivity contribution in [1.29, 1.82) is 0 Å². The number of anilines is 2. The van der Waals surface area contributed by atoms with Crippen LogP contribution in [0.15, 0.2) is 48.4 Å². The molecular weight excluding hydrogens is 330 g/mol. The summed E-state index contributed by atoms with van der Waals surface area (Å²) in [6, 6.07) is 9.85. The highest BCUT2D eigenvalue weighted by Gasteiger charge is 2.29. The van der Waals surface area contributed by atoms with Gasteiger partial charge in [0.2, 0.25) is 5.91 Å². The fourth-order valence-electron chi connectivity index (χ4n) is 3.46. The van der Waals surface area contributed by atoms with Gasteiger partial charge in [-0.1, -0.05) is 18.2 Å². The van der Waals surface area contributed by atoms with Crippen LogP contribution in [-0.2, 0) is 17.8 Å². The lowest BCUT2D eigenvalue weighted by molar-refractivity contribution is -0.132. The molecule has 2 aromatic rings. The zero-order valence-corrected chi connectivity index (χ0v) is 15.5. The Hall–Kier alpha value is -2.27. The molecule has 1 aromatic carbocycles. The summed E-state index contributed by atoms with van der Waals surface area (Å²) in [7, 11) is 0. The number of rotatable bonds is 6. The summed E-state index contributed by atoms with van der Waals surface area (Å²) in [4.78, 5) is 18.4. The molecule has 3 rings (SSSR count). The summed E-state index contributed by atoms with van der Waals surface area (Å²) in [6.07, 6.45) is 3.79. The maximum atomic E-state index is 13.2. The molecule has 1 aliphatic heterocycles. The molecule has 0 saturated carbocycles. The first-order valence-corrected chi connectivity index (χ1v) is 9.56. The molecule has 2 N–H and O–H groups in total. The first kappa shape index (κ1) is 17.5. The fraction of sp³-hybridized carbons (Fsp3) is 0.350. The largest absolute Gasteiger partial charge is 0.398 e. The monoisotopic (exact) mass is 355 g/mol. The number of benzene rings is 1. The lowest BCUT2D eigenvalue weighted by atomic mass is 9.98. The minimum atomic E-state index is -0.222. The lowest BCUT2D eigenvalue weighted by Gasteiger charge is -2.38. The van der Waals surface area contributed by atoms with Gasteiger partial charge in [0.1, 0.15) is 6.04 Å². The highest BCUT2D eigenvalue weighted by molar-refractivity contribution is 7.09. The molecule has 0 radical (unpaired) electrons. The number of carbonyl (C=O) groups is 1. The number of nitrogen functional groups attached to an aromatic ring is 1. The second-order valence-electron chi connectivity index (χ2n) is 6.40. The second kappa shape index (κ2) is 7.74. The maximum Gasteiger partial charge on any atom is 0.245 e. The minimum Gasteiger partial charge on any atom is -0.398 e. The molecule has 132 valence electrons. The first-order valence-electron chi connectivity index (χ1n) is 8.68. The van der Waals surface area contributed by atoms with Gasteiger partial charge in [-0.3, -0.25) is 4.79 Å². The minimum absolute atomic E-state index is 0.128. The summed E-state index contributed by atoms with van der Waals surface area (Å²) in [5.74, 6) is 0.128. The van der Waals surface area contributed by atoms with Gasteiger partial charge in [0.15, 0.2) is 0 Å². The Morgan fingerprint density at radius 2 is 2.28 bits per heavy atom. The molecule has 1 unspecified atom stereocenters. The van der Waals surface area contributed by atoms with E-state index in [1.54, 1.807) is 17.4 Å². The predicted octanol–water partition coefficient (Wildman–Crippen LogP) is 3.69. The topological polar surface area (TPSA) is 49.6 Å². The Balaban J connectivity index is 1.81. The van der Waals surface area contributed by atoms with E-state index >= 15 is 0 Å². The van der Waals surface area contributed by atoms with Crippen LogP contribution < -0.4 is 10.6 Å². The summed E-state index contributed by atoms with van der Waals surface area (Å²) < 4.78 is 0. The Morgan fingerprint density at radius 1 is 1.44 bits per heavy atom. The number of fused-ring (bicyclic) bond motifs is 1. The Morgan fingerprint density at radius 3 is 3.00 bits per heavy atom. The highest BCUT2D eigenvalue weighted by atomic mass is 32.1. The average molecular weight is 356 g/mol. The van der Waals surface area contributed by atoms with Gasteiger partial charge in [-0.15, -0.1) is 17.9 Å². The molecule has 1 aliphatic rings. The van der Waals surface area contributed by atoms with Crippen LogP contribution in [0.4, 0.5) is 11.4 Å². The van der Waals surface area contributed by atoms with Gasteiger partial charge in [-0.05, 0) is 48.9 Å². The molecule has 0 spiro atoms. The van der Waals surface area contributed by atoms with Gasteiger partial charge in [-0.2, -0.15) is 0 Å². The van der Waals surface area contributed by atoms with Crippen molar-refractivity contribution in [1.82, 2.24) is 4.90 Å². The summed E-state index contributed by atoms with van der Waals surface area (Å²) >= 11 is 1.67. The summed E-state index contributed by atoms with van der Waals surface area (Å²) in [5.41, 5.74) is 9.23. The van der Waals surface area contributed by atoms with Gasteiger partial charge in [0, 0.05) is 29.3 Å². The van der Waals surface area contributed by atoms with Gasteiger partial charge in [0.25, 0.3) is 0 Å². The van der Waals surface area contributed by atoms with E-state index in [0.29, 0.717) is 13.1 Å². The normalized spacial score (nSPS) is 14.7. The quantitative estimate of drug-likeness (QED) is 0.635. The van der Waals surface area contributed by atoms with E-state index in [1.807, 2.05) is 35.4 Å². The molecule has 25 heavy (non-hydrogen) atoms. The second-order valence-corrected chi connectivity index (χ2v) is 7.44. The molecule has 0 aliphatic carbocycles. The van der Waals surface area contributed by atoms with Crippen LogP contribution in [0, 0.1) is 0 Å². The van der Waals surface area contributed by atoms with Crippen LogP contribution in [0.1, 0.15) is 23.8 Å². The number of nitrogens with zero attached hydrogens (tertiary/aromatic N) is 2. The number of hydrogen-bond donors (Lipinski definition) is 1. The van der Waals surface area contributed by atoms with Gasteiger partial charge in [-0.25, -0.2) is 0 Å². The molecule has 1 atom stereocenters.